The molecule has 1 unspecified atom stereocenters. The monoisotopic (exact) mass is 271 g/mol. The molecule has 82 valence electrons. The minimum atomic E-state index is 0.436. The summed E-state index contributed by atoms with van der Waals surface area (Å²) in [5.74, 6) is 1.73. The van der Waals surface area contributed by atoms with Gasteiger partial charge in [-0.05, 0) is 29.3 Å². The van der Waals surface area contributed by atoms with Gasteiger partial charge in [-0.15, -0.1) is 0 Å². The number of ether oxygens (including phenoxy) is 1. The van der Waals surface area contributed by atoms with Crippen molar-refractivity contribution in [3.8, 4) is 0 Å². The van der Waals surface area contributed by atoms with Gasteiger partial charge < -0.3 is 9.64 Å². The fourth-order valence-corrected chi connectivity index (χ4v) is 2.17. The van der Waals surface area contributed by atoms with Crippen LogP contribution in [-0.2, 0) is 4.74 Å². The lowest BCUT2D eigenvalue weighted by Crippen LogP contribution is -2.32. The van der Waals surface area contributed by atoms with Crippen LogP contribution in [-0.4, -0.2) is 36.3 Å². The van der Waals surface area contributed by atoms with Gasteiger partial charge in [-0.3, -0.25) is 0 Å². The van der Waals surface area contributed by atoms with Gasteiger partial charge in [0.05, 0.1) is 12.6 Å². The first-order chi connectivity index (χ1) is 7.16. The molecule has 1 aliphatic heterocycles. The summed E-state index contributed by atoms with van der Waals surface area (Å²) in [7, 11) is 2.05. The van der Waals surface area contributed by atoms with E-state index in [4.69, 9.17) is 4.74 Å². The van der Waals surface area contributed by atoms with E-state index in [2.05, 4.69) is 30.8 Å². The van der Waals surface area contributed by atoms with Gasteiger partial charge in [0.25, 0.3) is 0 Å². The lowest BCUT2D eigenvalue weighted by molar-refractivity contribution is 0.193. The molecule has 0 radical (unpaired) electrons. The lowest BCUT2D eigenvalue weighted by Gasteiger charge is -2.24. The van der Waals surface area contributed by atoms with Crippen LogP contribution in [0.4, 0.5) is 5.82 Å². The standard InChI is InChI=1S/C10H14BrN3O/c1-7-12-9(11)5-10(13-7)14(2)8-3-4-15-6-8/h5,8H,3-4,6H2,1-2H3. The molecule has 1 fully saturated rings. The van der Waals surface area contributed by atoms with Gasteiger partial charge in [-0.25, -0.2) is 9.97 Å². The number of aryl methyl sites for hydroxylation is 1. The normalized spacial score (nSPS) is 20.6. The molecular weight excluding hydrogens is 258 g/mol. The number of hydrogen-bond acceptors (Lipinski definition) is 4. The first kappa shape index (κ1) is 10.8. The van der Waals surface area contributed by atoms with E-state index in [9.17, 15) is 0 Å². The van der Waals surface area contributed by atoms with Crippen molar-refractivity contribution in [2.45, 2.75) is 19.4 Å². The molecule has 0 aliphatic carbocycles. The Morgan fingerprint density at radius 1 is 1.53 bits per heavy atom. The Hall–Kier alpha value is -0.680. The van der Waals surface area contributed by atoms with Crippen LogP contribution in [0.5, 0.6) is 0 Å². The molecule has 15 heavy (non-hydrogen) atoms. The Morgan fingerprint density at radius 2 is 2.33 bits per heavy atom. The molecule has 0 spiro atoms. The number of anilines is 1. The number of nitrogens with zero attached hydrogens (tertiary/aromatic N) is 3. The Labute approximate surface area is 97.8 Å². The topological polar surface area (TPSA) is 38.2 Å². The molecule has 0 N–H and O–H groups in total. The second-order valence-electron chi connectivity index (χ2n) is 3.72. The zero-order chi connectivity index (χ0) is 10.8. The number of likely N-dealkylation sites (N-methyl/N-ethyl adjacent to an activating group) is 1. The Balaban J connectivity index is 2.20. The van der Waals surface area contributed by atoms with E-state index >= 15 is 0 Å². The SMILES string of the molecule is Cc1nc(Br)cc(N(C)C2CCOC2)n1. The van der Waals surface area contributed by atoms with Gasteiger partial charge in [0.2, 0.25) is 0 Å². The van der Waals surface area contributed by atoms with E-state index < -0.39 is 0 Å². The predicted octanol–water partition coefficient (Wildman–Crippen LogP) is 1.77. The highest BCUT2D eigenvalue weighted by Crippen LogP contribution is 2.20. The molecule has 0 saturated carbocycles. The highest BCUT2D eigenvalue weighted by Gasteiger charge is 2.21. The third kappa shape index (κ3) is 2.46. The minimum Gasteiger partial charge on any atom is -0.379 e. The summed E-state index contributed by atoms with van der Waals surface area (Å²) in [5, 5.41) is 0. The molecular formula is C10H14BrN3O. The van der Waals surface area contributed by atoms with E-state index in [0.717, 1.165) is 35.9 Å². The van der Waals surface area contributed by atoms with Crippen molar-refractivity contribution in [1.82, 2.24) is 9.97 Å². The highest BCUT2D eigenvalue weighted by atomic mass is 79.9. The molecule has 0 bridgehead atoms. The molecule has 2 rings (SSSR count). The van der Waals surface area contributed by atoms with E-state index in [1.165, 1.54) is 0 Å². The highest BCUT2D eigenvalue weighted by molar-refractivity contribution is 9.10. The van der Waals surface area contributed by atoms with E-state index in [1.807, 2.05) is 20.0 Å². The van der Waals surface area contributed by atoms with Crippen molar-refractivity contribution in [2.75, 3.05) is 25.2 Å². The van der Waals surface area contributed by atoms with Crippen molar-refractivity contribution in [3.05, 3.63) is 16.5 Å². The number of aromatic nitrogens is 2. The quantitative estimate of drug-likeness (QED) is 0.769. The van der Waals surface area contributed by atoms with Crippen molar-refractivity contribution in [2.24, 2.45) is 0 Å². The first-order valence-corrected chi connectivity index (χ1v) is 5.78. The molecule has 0 aromatic carbocycles. The smallest absolute Gasteiger partial charge is 0.133 e. The summed E-state index contributed by atoms with van der Waals surface area (Å²) in [6.07, 6.45) is 1.07. The summed E-state index contributed by atoms with van der Waals surface area (Å²) >= 11 is 3.38. The van der Waals surface area contributed by atoms with Crippen molar-refractivity contribution in [3.63, 3.8) is 0 Å². The van der Waals surface area contributed by atoms with Crippen LogP contribution < -0.4 is 4.90 Å². The van der Waals surface area contributed by atoms with Crippen LogP contribution in [0.15, 0.2) is 10.7 Å². The zero-order valence-corrected chi connectivity index (χ0v) is 10.5. The van der Waals surface area contributed by atoms with E-state index in [0.29, 0.717) is 6.04 Å². The fraction of sp³-hybridized carbons (Fsp3) is 0.600. The molecule has 4 nitrogen and oxygen atoms in total. The van der Waals surface area contributed by atoms with Gasteiger partial charge in [0, 0.05) is 19.7 Å². The zero-order valence-electron chi connectivity index (χ0n) is 8.90. The Morgan fingerprint density at radius 3 is 2.93 bits per heavy atom. The maximum absolute atomic E-state index is 5.36. The van der Waals surface area contributed by atoms with Crippen molar-refractivity contribution >= 4 is 21.7 Å². The van der Waals surface area contributed by atoms with Gasteiger partial charge >= 0.3 is 0 Å². The molecule has 1 saturated heterocycles. The molecule has 1 aromatic rings. The van der Waals surface area contributed by atoms with Crippen molar-refractivity contribution in [1.29, 1.82) is 0 Å². The van der Waals surface area contributed by atoms with Crippen molar-refractivity contribution < 1.29 is 4.74 Å². The molecule has 5 heteroatoms. The first-order valence-electron chi connectivity index (χ1n) is 4.98. The molecule has 1 aromatic heterocycles. The lowest BCUT2D eigenvalue weighted by atomic mass is 10.2. The second-order valence-corrected chi connectivity index (χ2v) is 4.54. The molecule has 2 heterocycles. The molecule has 1 aliphatic rings. The third-order valence-corrected chi connectivity index (χ3v) is 3.01. The fourth-order valence-electron chi connectivity index (χ4n) is 1.71. The summed E-state index contributed by atoms with van der Waals surface area (Å²) in [4.78, 5) is 10.8. The Kier molecular flexibility index (Phi) is 3.21. The van der Waals surface area contributed by atoms with Crippen LogP contribution in [0.25, 0.3) is 0 Å². The average Bonchev–Trinajstić information content (AvgIpc) is 2.67. The summed E-state index contributed by atoms with van der Waals surface area (Å²) in [6.45, 7) is 3.53. The summed E-state index contributed by atoms with van der Waals surface area (Å²) in [5.41, 5.74) is 0. The van der Waals surface area contributed by atoms with E-state index in [-0.39, 0.29) is 0 Å². The van der Waals surface area contributed by atoms with E-state index in [1.54, 1.807) is 0 Å². The minimum absolute atomic E-state index is 0.436. The van der Waals surface area contributed by atoms with Gasteiger partial charge in [-0.2, -0.15) is 0 Å². The number of halogens is 1. The van der Waals surface area contributed by atoms with Crippen LogP contribution >= 0.6 is 15.9 Å². The second kappa shape index (κ2) is 4.45. The van der Waals surface area contributed by atoms with Crippen LogP contribution in [0.3, 0.4) is 0 Å². The third-order valence-electron chi connectivity index (χ3n) is 2.61. The van der Waals surface area contributed by atoms with Gasteiger partial charge in [0.15, 0.2) is 0 Å². The molecule has 0 amide bonds. The maximum Gasteiger partial charge on any atom is 0.133 e. The number of rotatable bonds is 2. The average molecular weight is 272 g/mol. The summed E-state index contributed by atoms with van der Waals surface area (Å²) < 4.78 is 6.19. The summed E-state index contributed by atoms with van der Waals surface area (Å²) in [6, 6.07) is 2.37. The predicted molar refractivity (Wildman–Crippen MR) is 62.1 cm³/mol. The van der Waals surface area contributed by atoms with Crippen LogP contribution in [0.2, 0.25) is 0 Å². The maximum atomic E-state index is 5.36. The van der Waals surface area contributed by atoms with Gasteiger partial charge in [-0.1, -0.05) is 0 Å². The van der Waals surface area contributed by atoms with Crippen LogP contribution in [0.1, 0.15) is 12.2 Å². The number of hydrogen-bond donors (Lipinski definition) is 0. The largest absolute Gasteiger partial charge is 0.379 e. The Bertz CT molecular complexity index is 332. The van der Waals surface area contributed by atoms with Crippen LogP contribution in [0, 0.1) is 6.92 Å². The molecule has 1 atom stereocenters. The van der Waals surface area contributed by atoms with Gasteiger partial charge in [0.1, 0.15) is 16.2 Å².